The molecule has 0 aliphatic heterocycles. The summed E-state index contributed by atoms with van der Waals surface area (Å²) >= 11 is 6.07. The van der Waals surface area contributed by atoms with Gasteiger partial charge in [0.25, 0.3) is 5.91 Å². The number of halogens is 4. The van der Waals surface area contributed by atoms with Crippen molar-refractivity contribution >= 4 is 23.3 Å². The highest BCUT2D eigenvalue weighted by Crippen LogP contribution is 2.34. The molecular formula is C18H19ClF3N3O2. The van der Waals surface area contributed by atoms with Crippen molar-refractivity contribution in [2.24, 2.45) is 0 Å². The second kappa shape index (κ2) is 8.58. The Kier molecular flexibility index (Phi) is 6.67. The van der Waals surface area contributed by atoms with Gasteiger partial charge < -0.3 is 10.1 Å². The first kappa shape index (κ1) is 21.0. The molecular weight excluding hydrogens is 383 g/mol. The zero-order chi connectivity index (χ0) is 20.2. The standard InChI is InChI=1S/C18H19ClF3N3O2/c1-4-5-8-27-12(3)17(26)23-16-9-11(2)24-25(16)15-10-13(18(20,21)22)6-7-14(15)19/h4,6-7,9-10,12H,1,5,8H2,2-3H3,(H,23,26). The Bertz CT molecular complexity index is 834. The molecule has 146 valence electrons. The third-order valence-electron chi connectivity index (χ3n) is 3.64. The van der Waals surface area contributed by atoms with Crippen LogP contribution < -0.4 is 5.32 Å². The smallest absolute Gasteiger partial charge is 0.368 e. The molecule has 2 rings (SSSR count). The van der Waals surface area contributed by atoms with Gasteiger partial charge in [-0.3, -0.25) is 4.79 Å². The number of aryl methyl sites for hydroxylation is 1. The molecule has 0 saturated heterocycles. The predicted octanol–water partition coefficient (Wildman–Crippen LogP) is 4.77. The van der Waals surface area contributed by atoms with Crippen LogP contribution in [0.25, 0.3) is 5.69 Å². The number of carbonyl (C=O) groups is 1. The van der Waals surface area contributed by atoms with Crippen LogP contribution in [0.15, 0.2) is 36.9 Å². The van der Waals surface area contributed by atoms with Gasteiger partial charge in [-0.15, -0.1) is 6.58 Å². The number of anilines is 1. The quantitative estimate of drug-likeness (QED) is 0.537. The van der Waals surface area contributed by atoms with E-state index in [1.807, 2.05) is 0 Å². The Labute approximate surface area is 159 Å². The Morgan fingerprint density at radius 1 is 1.44 bits per heavy atom. The Balaban J connectivity index is 2.31. The van der Waals surface area contributed by atoms with Gasteiger partial charge in [-0.05, 0) is 38.5 Å². The van der Waals surface area contributed by atoms with Crippen LogP contribution in [0.5, 0.6) is 0 Å². The lowest BCUT2D eigenvalue weighted by atomic mass is 10.2. The fraction of sp³-hybridized carbons (Fsp3) is 0.333. The van der Waals surface area contributed by atoms with E-state index in [1.165, 1.54) is 10.7 Å². The molecule has 0 aliphatic carbocycles. The highest BCUT2D eigenvalue weighted by Gasteiger charge is 2.31. The molecule has 1 heterocycles. The maximum atomic E-state index is 13.0. The highest BCUT2D eigenvalue weighted by atomic mass is 35.5. The molecule has 0 radical (unpaired) electrons. The van der Waals surface area contributed by atoms with E-state index < -0.39 is 23.8 Å². The molecule has 0 aliphatic rings. The maximum absolute atomic E-state index is 13.0. The van der Waals surface area contributed by atoms with Crippen molar-refractivity contribution in [3.8, 4) is 5.69 Å². The fourth-order valence-corrected chi connectivity index (χ4v) is 2.45. The Morgan fingerprint density at radius 3 is 2.78 bits per heavy atom. The van der Waals surface area contributed by atoms with Crippen LogP contribution in [0.3, 0.4) is 0 Å². The Morgan fingerprint density at radius 2 is 2.15 bits per heavy atom. The van der Waals surface area contributed by atoms with Crippen molar-refractivity contribution in [1.82, 2.24) is 9.78 Å². The van der Waals surface area contributed by atoms with Gasteiger partial charge in [0.15, 0.2) is 0 Å². The molecule has 1 aromatic carbocycles. The summed E-state index contributed by atoms with van der Waals surface area (Å²) in [6, 6.07) is 4.44. The number of alkyl halides is 3. The van der Waals surface area contributed by atoms with Crippen LogP contribution in [0.1, 0.15) is 24.6 Å². The van der Waals surface area contributed by atoms with E-state index in [0.29, 0.717) is 18.7 Å². The number of hydrogen-bond donors (Lipinski definition) is 1. The first-order valence-corrected chi connectivity index (χ1v) is 8.48. The van der Waals surface area contributed by atoms with E-state index in [4.69, 9.17) is 16.3 Å². The van der Waals surface area contributed by atoms with Crippen LogP contribution in [0.4, 0.5) is 19.0 Å². The average Bonchev–Trinajstić information content (AvgIpc) is 2.94. The van der Waals surface area contributed by atoms with Crippen molar-refractivity contribution in [2.45, 2.75) is 32.5 Å². The number of nitrogens with zero attached hydrogens (tertiary/aromatic N) is 2. The normalized spacial score (nSPS) is 12.7. The molecule has 0 bridgehead atoms. The van der Waals surface area contributed by atoms with Crippen molar-refractivity contribution in [3.63, 3.8) is 0 Å². The van der Waals surface area contributed by atoms with E-state index in [-0.39, 0.29) is 16.5 Å². The van der Waals surface area contributed by atoms with E-state index >= 15 is 0 Å². The van der Waals surface area contributed by atoms with E-state index in [1.54, 1.807) is 19.9 Å². The van der Waals surface area contributed by atoms with E-state index in [0.717, 1.165) is 18.2 Å². The van der Waals surface area contributed by atoms with Gasteiger partial charge in [-0.2, -0.15) is 18.3 Å². The fourth-order valence-electron chi connectivity index (χ4n) is 2.26. The first-order valence-electron chi connectivity index (χ1n) is 8.10. The number of hydrogen-bond acceptors (Lipinski definition) is 3. The van der Waals surface area contributed by atoms with Crippen LogP contribution >= 0.6 is 11.6 Å². The molecule has 27 heavy (non-hydrogen) atoms. The van der Waals surface area contributed by atoms with Crippen molar-refractivity contribution in [3.05, 3.63) is 53.2 Å². The molecule has 5 nitrogen and oxygen atoms in total. The highest BCUT2D eigenvalue weighted by molar-refractivity contribution is 6.32. The summed E-state index contributed by atoms with van der Waals surface area (Å²) in [6.07, 6.45) is -3.03. The van der Waals surface area contributed by atoms with Gasteiger partial charge in [0.2, 0.25) is 0 Å². The Hall–Kier alpha value is -2.32. The zero-order valence-corrected chi connectivity index (χ0v) is 15.6. The second-order valence-electron chi connectivity index (χ2n) is 5.83. The van der Waals surface area contributed by atoms with E-state index in [9.17, 15) is 18.0 Å². The predicted molar refractivity (Wildman–Crippen MR) is 97.2 cm³/mol. The van der Waals surface area contributed by atoms with Crippen molar-refractivity contribution in [1.29, 1.82) is 0 Å². The number of ether oxygens (including phenoxy) is 1. The molecule has 1 amide bonds. The monoisotopic (exact) mass is 401 g/mol. The minimum absolute atomic E-state index is 0.00937. The van der Waals surface area contributed by atoms with Gasteiger partial charge in [-0.1, -0.05) is 17.7 Å². The molecule has 1 aromatic heterocycles. The average molecular weight is 402 g/mol. The number of aromatic nitrogens is 2. The number of carbonyl (C=O) groups excluding carboxylic acids is 1. The number of nitrogens with one attached hydrogen (secondary N) is 1. The van der Waals surface area contributed by atoms with Gasteiger partial charge in [0, 0.05) is 6.07 Å². The summed E-state index contributed by atoms with van der Waals surface area (Å²) in [6.45, 7) is 7.12. The molecule has 0 fully saturated rings. The zero-order valence-electron chi connectivity index (χ0n) is 14.8. The van der Waals surface area contributed by atoms with Gasteiger partial charge in [0.1, 0.15) is 11.9 Å². The molecule has 0 spiro atoms. The van der Waals surface area contributed by atoms with Gasteiger partial charge in [0.05, 0.1) is 28.6 Å². The largest absolute Gasteiger partial charge is 0.416 e. The van der Waals surface area contributed by atoms with Crippen molar-refractivity contribution in [2.75, 3.05) is 11.9 Å². The molecule has 2 aromatic rings. The topological polar surface area (TPSA) is 56.1 Å². The molecule has 9 heteroatoms. The third-order valence-corrected chi connectivity index (χ3v) is 3.96. The minimum Gasteiger partial charge on any atom is -0.368 e. The summed E-state index contributed by atoms with van der Waals surface area (Å²) in [7, 11) is 0. The number of benzene rings is 1. The molecule has 1 atom stereocenters. The maximum Gasteiger partial charge on any atom is 0.416 e. The van der Waals surface area contributed by atoms with Crippen molar-refractivity contribution < 1.29 is 22.7 Å². The first-order chi connectivity index (χ1) is 12.6. The SMILES string of the molecule is C=CCCOC(C)C(=O)Nc1cc(C)nn1-c1cc(C(F)(F)F)ccc1Cl. The van der Waals surface area contributed by atoms with Crippen LogP contribution in [-0.2, 0) is 15.7 Å². The molecule has 1 N–H and O–H groups in total. The summed E-state index contributed by atoms with van der Waals surface area (Å²) in [4.78, 5) is 12.3. The lowest BCUT2D eigenvalue weighted by Gasteiger charge is -2.15. The van der Waals surface area contributed by atoms with E-state index in [2.05, 4.69) is 17.0 Å². The van der Waals surface area contributed by atoms with Crippen LogP contribution in [0.2, 0.25) is 5.02 Å². The lowest BCUT2D eigenvalue weighted by molar-refractivity contribution is -0.137. The summed E-state index contributed by atoms with van der Waals surface area (Å²) in [5.41, 5.74) is -0.359. The minimum atomic E-state index is -4.53. The number of amides is 1. The van der Waals surface area contributed by atoms with Gasteiger partial charge >= 0.3 is 6.18 Å². The van der Waals surface area contributed by atoms with Crippen LogP contribution in [-0.4, -0.2) is 28.4 Å². The summed E-state index contributed by atoms with van der Waals surface area (Å²) in [5.74, 6) is -0.263. The molecule has 0 saturated carbocycles. The summed E-state index contributed by atoms with van der Waals surface area (Å²) in [5, 5.41) is 6.83. The number of rotatable bonds is 7. The van der Waals surface area contributed by atoms with Gasteiger partial charge in [-0.25, -0.2) is 4.68 Å². The van der Waals surface area contributed by atoms with Crippen LogP contribution in [0, 0.1) is 6.92 Å². The third kappa shape index (κ3) is 5.33. The summed E-state index contributed by atoms with van der Waals surface area (Å²) < 4.78 is 45.6. The molecule has 1 unspecified atom stereocenters. The second-order valence-corrected chi connectivity index (χ2v) is 6.23. The lowest BCUT2D eigenvalue weighted by Crippen LogP contribution is -2.29.